The molecule has 3 aromatic rings. The highest BCUT2D eigenvalue weighted by Crippen LogP contribution is 2.39. The lowest BCUT2D eigenvalue weighted by Crippen LogP contribution is -2.18. The second-order valence-electron chi connectivity index (χ2n) is 6.00. The van der Waals surface area contributed by atoms with Crippen LogP contribution in [-0.2, 0) is 12.7 Å². The van der Waals surface area contributed by atoms with Crippen molar-refractivity contribution in [3.63, 3.8) is 0 Å². The molecule has 0 radical (unpaired) electrons. The summed E-state index contributed by atoms with van der Waals surface area (Å²) >= 11 is 0. The molecule has 134 valence electrons. The van der Waals surface area contributed by atoms with Crippen molar-refractivity contribution in [1.82, 2.24) is 4.57 Å². The maximum absolute atomic E-state index is 13.7. The fourth-order valence-corrected chi connectivity index (χ4v) is 3.06. The summed E-state index contributed by atoms with van der Waals surface area (Å²) in [5, 5.41) is 9.53. The van der Waals surface area contributed by atoms with E-state index >= 15 is 0 Å². The number of nitrogens with zero attached hydrogens (tertiary/aromatic N) is 1. The van der Waals surface area contributed by atoms with Gasteiger partial charge in [0.15, 0.2) is 0 Å². The standard InChI is InChI=1S/C20H16F3NO2/c1-13-7-5-6-10-15(13)16-12-24(11-14-8-3-2-4-9-14)18(20(21,22)23)17(16)19(25)26/h2-10,12H,11H2,1H3,(H,25,26). The van der Waals surface area contributed by atoms with E-state index in [9.17, 15) is 23.1 Å². The van der Waals surface area contributed by atoms with E-state index < -0.39 is 23.4 Å². The number of aryl methyl sites for hydroxylation is 1. The van der Waals surface area contributed by atoms with Crippen LogP contribution in [0, 0.1) is 6.92 Å². The first-order chi connectivity index (χ1) is 12.3. The van der Waals surface area contributed by atoms with Crippen molar-refractivity contribution in [2.75, 3.05) is 0 Å². The Balaban J connectivity index is 2.26. The number of aromatic nitrogens is 1. The molecule has 3 rings (SSSR count). The lowest BCUT2D eigenvalue weighted by molar-refractivity contribution is -0.143. The maximum atomic E-state index is 13.7. The van der Waals surface area contributed by atoms with E-state index in [4.69, 9.17) is 0 Å². The van der Waals surface area contributed by atoms with Gasteiger partial charge in [-0.1, -0.05) is 54.6 Å². The summed E-state index contributed by atoms with van der Waals surface area (Å²) in [6, 6.07) is 15.4. The molecule has 0 aliphatic carbocycles. The van der Waals surface area contributed by atoms with Crippen LogP contribution in [0.25, 0.3) is 11.1 Å². The lowest BCUT2D eigenvalue weighted by atomic mass is 9.98. The number of carboxylic acids is 1. The van der Waals surface area contributed by atoms with E-state index in [0.29, 0.717) is 16.7 Å². The fraction of sp³-hybridized carbons (Fsp3) is 0.150. The van der Waals surface area contributed by atoms with E-state index in [0.717, 1.165) is 4.57 Å². The Morgan fingerprint density at radius 1 is 1.00 bits per heavy atom. The van der Waals surface area contributed by atoms with Gasteiger partial charge in [-0.25, -0.2) is 4.79 Å². The molecular weight excluding hydrogens is 343 g/mol. The van der Waals surface area contributed by atoms with Crippen molar-refractivity contribution in [3.8, 4) is 11.1 Å². The van der Waals surface area contributed by atoms with Crippen molar-refractivity contribution in [1.29, 1.82) is 0 Å². The van der Waals surface area contributed by atoms with Gasteiger partial charge in [0.2, 0.25) is 0 Å². The minimum Gasteiger partial charge on any atom is -0.478 e. The molecule has 6 heteroatoms. The zero-order chi connectivity index (χ0) is 18.9. The minimum atomic E-state index is -4.79. The molecule has 1 aromatic heterocycles. The number of hydrogen-bond acceptors (Lipinski definition) is 1. The smallest absolute Gasteiger partial charge is 0.432 e. The van der Waals surface area contributed by atoms with Crippen LogP contribution in [0.3, 0.4) is 0 Å². The number of aromatic carboxylic acids is 1. The Morgan fingerprint density at radius 3 is 2.19 bits per heavy atom. The number of hydrogen-bond donors (Lipinski definition) is 1. The average Bonchev–Trinajstić information content (AvgIpc) is 2.95. The second kappa shape index (κ2) is 6.71. The first-order valence-electron chi connectivity index (χ1n) is 7.92. The molecule has 2 aromatic carbocycles. The highest BCUT2D eigenvalue weighted by molar-refractivity contribution is 5.98. The van der Waals surface area contributed by atoms with E-state index in [2.05, 4.69) is 0 Å². The van der Waals surface area contributed by atoms with Gasteiger partial charge < -0.3 is 9.67 Å². The van der Waals surface area contributed by atoms with Crippen molar-refractivity contribution in [2.24, 2.45) is 0 Å². The molecule has 0 atom stereocenters. The molecule has 0 unspecified atom stereocenters. The van der Waals surface area contributed by atoms with Crippen LogP contribution in [-0.4, -0.2) is 15.6 Å². The highest BCUT2D eigenvalue weighted by atomic mass is 19.4. The Morgan fingerprint density at radius 2 is 1.62 bits per heavy atom. The summed E-state index contributed by atoms with van der Waals surface area (Å²) in [6.07, 6.45) is -3.51. The van der Waals surface area contributed by atoms with Gasteiger partial charge in [0.1, 0.15) is 5.69 Å². The first kappa shape index (κ1) is 17.8. The van der Waals surface area contributed by atoms with Gasteiger partial charge in [0.05, 0.1) is 5.56 Å². The Hall–Kier alpha value is -3.02. The second-order valence-corrected chi connectivity index (χ2v) is 6.00. The van der Waals surface area contributed by atoms with E-state index in [1.54, 1.807) is 61.5 Å². The van der Waals surface area contributed by atoms with Crippen LogP contribution in [0.1, 0.15) is 27.2 Å². The van der Waals surface area contributed by atoms with Crippen LogP contribution in [0.4, 0.5) is 13.2 Å². The van der Waals surface area contributed by atoms with Crippen molar-refractivity contribution in [3.05, 3.63) is 83.2 Å². The van der Waals surface area contributed by atoms with Crippen molar-refractivity contribution >= 4 is 5.97 Å². The molecule has 0 bridgehead atoms. The molecule has 0 aliphatic heterocycles. The Kier molecular flexibility index (Phi) is 4.59. The molecule has 0 fully saturated rings. The third kappa shape index (κ3) is 3.35. The third-order valence-corrected chi connectivity index (χ3v) is 4.19. The van der Waals surface area contributed by atoms with Crippen molar-refractivity contribution in [2.45, 2.75) is 19.6 Å². The molecular formula is C20H16F3NO2. The van der Waals surface area contributed by atoms with Crippen molar-refractivity contribution < 1.29 is 23.1 Å². The zero-order valence-electron chi connectivity index (χ0n) is 13.9. The topological polar surface area (TPSA) is 42.2 Å². The van der Waals surface area contributed by atoms with Crippen LogP contribution >= 0.6 is 0 Å². The van der Waals surface area contributed by atoms with E-state index in [-0.39, 0.29) is 12.1 Å². The van der Waals surface area contributed by atoms with Gasteiger partial charge in [-0.3, -0.25) is 0 Å². The van der Waals surface area contributed by atoms with E-state index in [1.165, 1.54) is 6.20 Å². The van der Waals surface area contributed by atoms with Gasteiger partial charge in [-0.15, -0.1) is 0 Å². The fourth-order valence-electron chi connectivity index (χ4n) is 3.06. The number of benzene rings is 2. The molecule has 1 N–H and O–H groups in total. The monoisotopic (exact) mass is 359 g/mol. The number of alkyl halides is 3. The molecule has 0 aliphatic rings. The summed E-state index contributed by atoms with van der Waals surface area (Å²) in [5.41, 5.74) is 0.0396. The predicted molar refractivity (Wildman–Crippen MR) is 92.1 cm³/mol. The van der Waals surface area contributed by atoms with Gasteiger partial charge in [-0.05, 0) is 23.6 Å². The summed E-state index contributed by atoms with van der Waals surface area (Å²) in [6.45, 7) is 1.67. The molecule has 3 nitrogen and oxygen atoms in total. The summed E-state index contributed by atoms with van der Waals surface area (Å²) < 4.78 is 42.1. The number of carboxylic acid groups (broad SMARTS) is 1. The predicted octanol–water partition coefficient (Wildman–Crippen LogP) is 5.23. The van der Waals surface area contributed by atoms with Crippen LogP contribution in [0.2, 0.25) is 0 Å². The first-order valence-corrected chi connectivity index (χ1v) is 7.92. The molecule has 1 heterocycles. The lowest BCUT2D eigenvalue weighted by Gasteiger charge is -2.13. The van der Waals surface area contributed by atoms with E-state index in [1.807, 2.05) is 0 Å². The summed E-state index contributed by atoms with van der Waals surface area (Å²) in [7, 11) is 0. The zero-order valence-corrected chi connectivity index (χ0v) is 13.9. The van der Waals surface area contributed by atoms with Crippen LogP contribution in [0.15, 0.2) is 60.8 Å². The van der Waals surface area contributed by atoms with Gasteiger partial charge in [0.25, 0.3) is 0 Å². The number of carbonyl (C=O) groups is 1. The van der Waals surface area contributed by atoms with Crippen LogP contribution in [0.5, 0.6) is 0 Å². The highest BCUT2D eigenvalue weighted by Gasteiger charge is 2.41. The number of halogens is 3. The largest absolute Gasteiger partial charge is 0.478 e. The Bertz CT molecular complexity index is 943. The minimum absolute atomic E-state index is 0.0676. The van der Waals surface area contributed by atoms with Gasteiger partial charge >= 0.3 is 12.1 Å². The van der Waals surface area contributed by atoms with Crippen LogP contribution < -0.4 is 0 Å². The quantitative estimate of drug-likeness (QED) is 0.693. The van der Waals surface area contributed by atoms with Gasteiger partial charge in [0, 0.05) is 18.3 Å². The SMILES string of the molecule is Cc1ccccc1-c1cn(Cc2ccccc2)c(C(F)(F)F)c1C(=O)O. The molecule has 0 spiro atoms. The van der Waals surface area contributed by atoms with Gasteiger partial charge in [-0.2, -0.15) is 13.2 Å². The average molecular weight is 359 g/mol. The normalized spacial score (nSPS) is 11.5. The molecule has 0 saturated carbocycles. The maximum Gasteiger partial charge on any atom is 0.432 e. The number of rotatable bonds is 4. The molecule has 0 saturated heterocycles. The Labute approximate surface area is 148 Å². The molecule has 0 amide bonds. The summed E-state index contributed by atoms with van der Waals surface area (Å²) in [5.74, 6) is -1.60. The third-order valence-electron chi connectivity index (χ3n) is 4.19. The summed E-state index contributed by atoms with van der Waals surface area (Å²) in [4.78, 5) is 11.7. The molecule has 26 heavy (non-hydrogen) atoms.